The lowest BCUT2D eigenvalue weighted by Gasteiger charge is -2.22. The molecule has 2 nitrogen and oxygen atoms in total. The van der Waals surface area contributed by atoms with E-state index < -0.39 is 0 Å². The summed E-state index contributed by atoms with van der Waals surface area (Å²) in [4.78, 5) is 0. The molecule has 0 amide bonds. The highest BCUT2D eigenvalue weighted by molar-refractivity contribution is 4.65. The topological polar surface area (TPSA) is 18.5 Å². The smallest absolute Gasteiger partial charge is 0.157 e. The molecule has 1 heterocycles. The Bertz CT molecular complexity index is 128. The predicted molar refractivity (Wildman–Crippen MR) is 53.6 cm³/mol. The molecule has 0 radical (unpaired) electrons. The van der Waals surface area contributed by atoms with E-state index in [1.807, 2.05) is 6.08 Å². The first-order chi connectivity index (χ1) is 6.43. The van der Waals surface area contributed by atoms with Gasteiger partial charge in [-0.3, -0.25) is 0 Å². The quantitative estimate of drug-likeness (QED) is 0.467. The Balaban J connectivity index is 1.89. The molecule has 1 unspecified atom stereocenters. The summed E-state index contributed by atoms with van der Waals surface area (Å²) in [6.45, 7) is 5.39. The molecule has 2 heteroatoms. The summed E-state index contributed by atoms with van der Waals surface area (Å²) in [5.74, 6) is 0. The van der Waals surface area contributed by atoms with Crippen molar-refractivity contribution in [2.24, 2.45) is 0 Å². The van der Waals surface area contributed by atoms with Crippen molar-refractivity contribution >= 4 is 0 Å². The summed E-state index contributed by atoms with van der Waals surface area (Å²) < 4.78 is 11.0. The molecule has 76 valence electrons. The number of unbranched alkanes of at least 4 members (excludes halogenated alkanes) is 2. The largest absolute Gasteiger partial charge is 0.353 e. The molecule has 0 aromatic rings. The van der Waals surface area contributed by atoms with E-state index in [0.29, 0.717) is 0 Å². The van der Waals surface area contributed by atoms with Gasteiger partial charge in [-0.05, 0) is 38.5 Å². The molecule has 0 aromatic carbocycles. The first-order valence-electron chi connectivity index (χ1n) is 5.27. The van der Waals surface area contributed by atoms with Crippen LogP contribution in [0.15, 0.2) is 12.7 Å². The molecule has 1 aliphatic rings. The average molecular weight is 184 g/mol. The van der Waals surface area contributed by atoms with Crippen molar-refractivity contribution < 1.29 is 9.47 Å². The normalized spacial score (nSPS) is 22.9. The van der Waals surface area contributed by atoms with Gasteiger partial charge in [0.1, 0.15) is 0 Å². The molecule has 1 rings (SSSR count). The van der Waals surface area contributed by atoms with Crippen LogP contribution in [0.25, 0.3) is 0 Å². The van der Waals surface area contributed by atoms with E-state index in [-0.39, 0.29) is 6.29 Å². The number of allylic oxidation sites excluding steroid dienone is 1. The van der Waals surface area contributed by atoms with E-state index in [1.165, 1.54) is 19.3 Å². The van der Waals surface area contributed by atoms with Crippen molar-refractivity contribution in [3.63, 3.8) is 0 Å². The van der Waals surface area contributed by atoms with Crippen LogP contribution in [0.5, 0.6) is 0 Å². The van der Waals surface area contributed by atoms with Gasteiger partial charge >= 0.3 is 0 Å². The van der Waals surface area contributed by atoms with E-state index in [4.69, 9.17) is 9.47 Å². The minimum Gasteiger partial charge on any atom is -0.353 e. The summed E-state index contributed by atoms with van der Waals surface area (Å²) in [6.07, 6.45) is 8.93. The summed E-state index contributed by atoms with van der Waals surface area (Å²) in [5.41, 5.74) is 0. The fourth-order valence-electron chi connectivity index (χ4n) is 1.45. The molecule has 0 aromatic heterocycles. The molecular formula is C11H20O2. The molecule has 0 spiro atoms. The standard InChI is InChI=1S/C11H20O2/c1-2-3-4-6-9-12-11-8-5-7-10-13-11/h2,11H,1,3-10H2. The molecular weight excluding hydrogens is 164 g/mol. The molecule has 13 heavy (non-hydrogen) atoms. The zero-order valence-corrected chi connectivity index (χ0v) is 8.34. The van der Waals surface area contributed by atoms with Crippen molar-refractivity contribution in [3.8, 4) is 0 Å². The summed E-state index contributed by atoms with van der Waals surface area (Å²) in [5, 5.41) is 0. The van der Waals surface area contributed by atoms with E-state index in [9.17, 15) is 0 Å². The Morgan fingerprint density at radius 2 is 2.31 bits per heavy atom. The van der Waals surface area contributed by atoms with Gasteiger partial charge in [0.25, 0.3) is 0 Å². The third-order valence-corrected chi connectivity index (χ3v) is 2.24. The second-order valence-electron chi connectivity index (χ2n) is 3.45. The highest BCUT2D eigenvalue weighted by atomic mass is 16.7. The van der Waals surface area contributed by atoms with Gasteiger partial charge in [-0.1, -0.05) is 6.08 Å². The molecule has 0 N–H and O–H groups in total. The highest BCUT2D eigenvalue weighted by Crippen LogP contribution is 2.14. The molecule has 0 bridgehead atoms. The molecule has 0 saturated carbocycles. The molecule has 1 aliphatic heterocycles. The van der Waals surface area contributed by atoms with Crippen molar-refractivity contribution in [3.05, 3.63) is 12.7 Å². The molecule has 0 aliphatic carbocycles. The van der Waals surface area contributed by atoms with Crippen LogP contribution >= 0.6 is 0 Å². The Morgan fingerprint density at radius 3 is 3.00 bits per heavy atom. The Kier molecular flexibility index (Phi) is 5.87. The third kappa shape index (κ3) is 5.06. The lowest BCUT2D eigenvalue weighted by Crippen LogP contribution is -2.22. The van der Waals surface area contributed by atoms with Crippen molar-refractivity contribution in [1.82, 2.24) is 0 Å². The second kappa shape index (κ2) is 7.10. The SMILES string of the molecule is C=CCCCCOC1CCCCO1. The summed E-state index contributed by atoms with van der Waals surface area (Å²) in [6, 6.07) is 0. The fraction of sp³-hybridized carbons (Fsp3) is 0.818. The van der Waals surface area contributed by atoms with E-state index in [2.05, 4.69) is 6.58 Å². The first kappa shape index (κ1) is 10.7. The van der Waals surface area contributed by atoms with Crippen LogP contribution in [-0.2, 0) is 9.47 Å². The fourth-order valence-corrected chi connectivity index (χ4v) is 1.45. The van der Waals surface area contributed by atoms with Crippen molar-refractivity contribution in [1.29, 1.82) is 0 Å². The van der Waals surface area contributed by atoms with Crippen LogP contribution in [0, 0.1) is 0 Å². The Labute approximate surface area is 80.9 Å². The zero-order valence-electron chi connectivity index (χ0n) is 8.34. The molecule has 1 fully saturated rings. The van der Waals surface area contributed by atoms with Gasteiger partial charge < -0.3 is 9.47 Å². The van der Waals surface area contributed by atoms with Gasteiger partial charge in [-0.2, -0.15) is 0 Å². The highest BCUT2D eigenvalue weighted by Gasteiger charge is 2.12. The summed E-state index contributed by atoms with van der Waals surface area (Å²) in [7, 11) is 0. The van der Waals surface area contributed by atoms with Crippen LogP contribution in [0.4, 0.5) is 0 Å². The van der Waals surface area contributed by atoms with Crippen LogP contribution in [-0.4, -0.2) is 19.5 Å². The number of hydrogen-bond acceptors (Lipinski definition) is 2. The zero-order chi connectivity index (χ0) is 9.36. The van der Waals surface area contributed by atoms with Crippen molar-refractivity contribution in [2.45, 2.75) is 44.8 Å². The van der Waals surface area contributed by atoms with Crippen LogP contribution in [0.3, 0.4) is 0 Å². The lowest BCUT2D eigenvalue weighted by atomic mass is 10.2. The minimum atomic E-state index is 0.0810. The number of ether oxygens (including phenoxy) is 2. The maximum absolute atomic E-state index is 5.57. The minimum absolute atomic E-state index is 0.0810. The second-order valence-corrected chi connectivity index (χ2v) is 3.45. The van der Waals surface area contributed by atoms with Gasteiger partial charge in [-0.25, -0.2) is 0 Å². The monoisotopic (exact) mass is 184 g/mol. The van der Waals surface area contributed by atoms with Crippen LogP contribution < -0.4 is 0 Å². The average Bonchev–Trinajstić information content (AvgIpc) is 2.19. The maximum Gasteiger partial charge on any atom is 0.157 e. The van der Waals surface area contributed by atoms with E-state index >= 15 is 0 Å². The van der Waals surface area contributed by atoms with Gasteiger partial charge in [0, 0.05) is 13.2 Å². The Morgan fingerprint density at radius 1 is 1.38 bits per heavy atom. The number of rotatable bonds is 6. The van der Waals surface area contributed by atoms with Gasteiger partial charge in [0.15, 0.2) is 6.29 Å². The Hall–Kier alpha value is -0.340. The van der Waals surface area contributed by atoms with Gasteiger partial charge in [0.2, 0.25) is 0 Å². The van der Waals surface area contributed by atoms with Gasteiger partial charge in [-0.15, -0.1) is 6.58 Å². The molecule has 1 atom stereocenters. The van der Waals surface area contributed by atoms with Crippen molar-refractivity contribution in [2.75, 3.05) is 13.2 Å². The van der Waals surface area contributed by atoms with Gasteiger partial charge in [0.05, 0.1) is 0 Å². The summed E-state index contributed by atoms with van der Waals surface area (Å²) >= 11 is 0. The third-order valence-electron chi connectivity index (χ3n) is 2.24. The number of hydrogen-bond donors (Lipinski definition) is 0. The van der Waals surface area contributed by atoms with Crippen LogP contribution in [0.1, 0.15) is 38.5 Å². The van der Waals surface area contributed by atoms with E-state index in [0.717, 1.165) is 32.5 Å². The maximum atomic E-state index is 5.57. The predicted octanol–water partition coefficient (Wildman–Crippen LogP) is 2.89. The van der Waals surface area contributed by atoms with E-state index in [1.54, 1.807) is 0 Å². The lowest BCUT2D eigenvalue weighted by molar-refractivity contribution is -0.162. The van der Waals surface area contributed by atoms with Crippen LogP contribution in [0.2, 0.25) is 0 Å². The first-order valence-corrected chi connectivity index (χ1v) is 5.27. The molecule has 1 saturated heterocycles.